The summed E-state index contributed by atoms with van der Waals surface area (Å²) < 4.78 is 23.1. The summed E-state index contributed by atoms with van der Waals surface area (Å²) in [4.78, 5) is 0. The van der Waals surface area contributed by atoms with E-state index < -0.39 is 6.04 Å². The largest absolute Gasteiger partial charge is 0.423 e. The van der Waals surface area contributed by atoms with E-state index in [0.717, 1.165) is 12.2 Å². The van der Waals surface area contributed by atoms with Crippen LogP contribution in [0.5, 0.6) is 11.5 Å². The van der Waals surface area contributed by atoms with Gasteiger partial charge in [-0.3, -0.25) is 0 Å². The summed E-state index contributed by atoms with van der Waals surface area (Å²) in [5.41, 5.74) is 0.896. The first-order chi connectivity index (χ1) is 6.61. The van der Waals surface area contributed by atoms with Gasteiger partial charge in [-0.2, -0.15) is 4.39 Å². The molecule has 0 fully saturated rings. The van der Waals surface area contributed by atoms with Crippen molar-refractivity contribution in [1.29, 1.82) is 0 Å². The molecule has 2 rings (SSSR count). The first-order valence-corrected chi connectivity index (χ1v) is 4.55. The van der Waals surface area contributed by atoms with Gasteiger partial charge in [0, 0.05) is 25.2 Å². The van der Waals surface area contributed by atoms with Gasteiger partial charge in [-0.15, -0.1) is 0 Å². The second kappa shape index (κ2) is 3.04. The van der Waals surface area contributed by atoms with Gasteiger partial charge in [-0.25, -0.2) is 0 Å². The Labute approximate surface area is 81.8 Å². The molecule has 4 heteroatoms. The number of halogens is 1. The average molecular weight is 197 g/mol. The number of fused-ring (bicyclic) bond motifs is 1. The van der Waals surface area contributed by atoms with E-state index in [4.69, 9.17) is 9.47 Å². The molecule has 0 saturated heterocycles. The molecule has 0 radical (unpaired) electrons. The summed E-state index contributed by atoms with van der Waals surface area (Å²) >= 11 is 0. The first kappa shape index (κ1) is 9.12. The van der Waals surface area contributed by atoms with Crippen molar-refractivity contribution in [2.75, 3.05) is 11.9 Å². The molecule has 1 aromatic carbocycles. The van der Waals surface area contributed by atoms with Crippen molar-refractivity contribution >= 4 is 5.69 Å². The van der Waals surface area contributed by atoms with Crippen LogP contribution in [-0.2, 0) is 0 Å². The Kier molecular flexibility index (Phi) is 1.98. The van der Waals surface area contributed by atoms with Crippen LogP contribution in [0.3, 0.4) is 0 Å². The van der Waals surface area contributed by atoms with Crippen LogP contribution in [0.1, 0.15) is 13.8 Å². The number of anilines is 1. The molecule has 1 aromatic rings. The third-order valence-electron chi connectivity index (χ3n) is 1.91. The van der Waals surface area contributed by atoms with Crippen LogP contribution >= 0.6 is 0 Å². The molecule has 1 unspecified atom stereocenters. The Morgan fingerprint density at radius 2 is 2.07 bits per heavy atom. The molecule has 1 heterocycles. The van der Waals surface area contributed by atoms with E-state index in [1.54, 1.807) is 12.1 Å². The summed E-state index contributed by atoms with van der Waals surface area (Å²) in [7, 11) is 0. The fourth-order valence-corrected chi connectivity index (χ4v) is 1.40. The zero-order chi connectivity index (χ0) is 10.2. The fourth-order valence-electron chi connectivity index (χ4n) is 1.40. The van der Waals surface area contributed by atoms with Crippen LogP contribution in [0, 0.1) is 0 Å². The molecule has 0 bridgehead atoms. The summed E-state index contributed by atoms with van der Waals surface area (Å²) in [5, 5.41) is 3.11. The van der Waals surface area contributed by atoms with Crippen LogP contribution in [0.25, 0.3) is 0 Å². The minimum Gasteiger partial charge on any atom is -0.423 e. The minimum absolute atomic E-state index is 0.438. The summed E-state index contributed by atoms with van der Waals surface area (Å²) in [5.74, 6) is 0.880. The van der Waals surface area contributed by atoms with Gasteiger partial charge in [0.2, 0.25) is 0 Å². The van der Waals surface area contributed by atoms with E-state index in [2.05, 4.69) is 5.32 Å². The molecule has 0 amide bonds. The normalized spacial score (nSPS) is 23.6. The maximum atomic E-state index is 13.3. The lowest BCUT2D eigenvalue weighted by molar-refractivity contribution is -0.173. The molecule has 1 aliphatic heterocycles. The van der Waals surface area contributed by atoms with Gasteiger partial charge >= 0.3 is 6.04 Å². The van der Waals surface area contributed by atoms with Crippen LogP contribution in [0.15, 0.2) is 18.2 Å². The summed E-state index contributed by atoms with van der Waals surface area (Å²) in [6.45, 7) is 4.04. The average Bonchev–Trinajstić information content (AvgIpc) is 2.38. The summed E-state index contributed by atoms with van der Waals surface area (Å²) in [6.07, 6.45) is 0. The zero-order valence-electron chi connectivity index (χ0n) is 8.13. The predicted octanol–water partition coefficient (Wildman–Crippen LogP) is 2.53. The molecule has 0 aromatic heterocycles. The van der Waals surface area contributed by atoms with E-state index in [9.17, 15) is 4.39 Å². The Morgan fingerprint density at radius 1 is 1.36 bits per heavy atom. The number of benzene rings is 1. The van der Waals surface area contributed by atoms with E-state index in [0.29, 0.717) is 11.5 Å². The minimum atomic E-state index is -2.03. The first-order valence-electron chi connectivity index (χ1n) is 4.55. The maximum absolute atomic E-state index is 13.3. The van der Waals surface area contributed by atoms with Crippen molar-refractivity contribution in [2.45, 2.75) is 19.9 Å². The molecule has 1 atom stereocenters. The Bertz CT molecular complexity index is 352. The topological polar surface area (TPSA) is 30.5 Å². The number of hydrogen-bond donors (Lipinski definition) is 1. The highest BCUT2D eigenvalue weighted by molar-refractivity contribution is 5.55. The standard InChI is InChI=1S/C10H12FNO2/c1-3-12-7-4-5-8-9(6-7)14-10(2,11)13-8/h4-6,12H,3H2,1-2H3. The molecule has 76 valence electrons. The number of rotatable bonds is 2. The lowest BCUT2D eigenvalue weighted by Crippen LogP contribution is -2.27. The zero-order valence-corrected chi connectivity index (χ0v) is 8.13. The molecule has 0 aliphatic carbocycles. The lowest BCUT2D eigenvalue weighted by atomic mass is 10.3. The van der Waals surface area contributed by atoms with Gasteiger partial charge in [0.25, 0.3) is 0 Å². The molecule has 1 aliphatic rings. The molecule has 14 heavy (non-hydrogen) atoms. The van der Waals surface area contributed by atoms with Gasteiger partial charge in [-0.05, 0) is 19.1 Å². The van der Waals surface area contributed by atoms with Crippen molar-refractivity contribution < 1.29 is 13.9 Å². The summed E-state index contributed by atoms with van der Waals surface area (Å²) in [6, 6.07) is 3.21. The van der Waals surface area contributed by atoms with Gasteiger partial charge in [-0.1, -0.05) is 0 Å². The van der Waals surface area contributed by atoms with Gasteiger partial charge in [0.05, 0.1) is 0 Å². The van der Waals surface area contributed by atoms with Crippen molar-refractivity contribution in [3.05, 3.63) is 18.2 Å². The SMILES string of the molecule is CCNc1ccc2c(c1)OC(C)(F)O2. The smallest absolute Gasteiger partial charge is 0.404 e. The third kappa shape index (κ3) is 1.60. The monoisotopic (exact) mass is 197 g/mol. The van der Waals surface area contributed by atoms with Gasteiger partial charge in [0.1, 0.15) is 0 Å². The van der Waals surface area contributed by atoms with Crippen molar-refractivity contribution in [1.82, 2.24) is 0 Å². The van der Waals surface area contributed by atoms with Gasteiger partial charge < -0.3 is 14.8 Å². The maximum Gasteiger partial charge on any atom is 0.404 e. The van der Waals surface area contributed by atoms with Crippen LogP contribution in [0.2, 0.25) is 0 Å². The van der Waals surface area contributed by atoms with E-state index in [-0.39, 0.29) is 0 Å². The molecular weight excluding hydrogens is 185 g/mol. The number of hydrogen-bond acceptors (Lipinski definition) is 3. The number of nitrogens with one attached hydrogen (secondary N) is 1. The Balaban J connectivity index is 2.26. The quantitative estimate of drug-likeness (QED) is 0.790. The second-order valence-corrected chi connectivity index (χ2v) is 3.23. The Hall–Kier alpha value is -1.45. The Morgan fingerprint density at radius 3 is 2.79 bits per heavy atom. The molecule has 1 N–H and O–H groups in total. The van der Waals surface area contributed by atoms with E-state index >= 15 is 0 Å². The van der Waals surface area contributed by atoms with Crippen molar-refractivity contribution in [3.8, 4) is 11.5 Å². The number of alkyl halides is 1. The van der Waals surface area contributed by atoms with Crippen molar-refractivity contribution in [3.63, 3.8) is 0 Å². The number of ether oxygens (including phenoxy) is 2. The van der Waals surface area contributed by atoms with Crippen LogP contribution in [-0.4, -0.2) is 12.6 Å². The van der Waals surface area contributed by atoms with Crippen LogP contribution < -0.4 is 14.8 Å². The lowest BCUT2D eigenvalue weighted by Gasteiger charge is -2.10. The second-order valence-electron chi connectivity index (χ2n) is 3.23. The third-order valence-corrected chi connectivity index (χ3v) is 1.91. The molecule has 0 saturated carbocycles. The highest BCUT2D eigenvalue weighted by atomic mass is 19.2. The van der Waals surface area contributed by atoms with E-state index in [1.165, 1.54) is 6.92 Å². The van der Waals surface area contributed by atoms with Crippen molar-refractivity contribution in [2.24, 2.45) is 0 Å². The fraction of sp³-hybridized carbons (Fsp3) is 0.400. The highest BCUT2D eigenvalue weighted by Crippen LogP contribution is 2.41. The highest BCUT2D eigenvalue weighted by Gasteiger charge is 2.36. The predicted molar refractivity (Wildman–Crippen MR) is 51.4 cm³/mol. The molecule has 3 nitrogen and oxygen atoms in total. The van der Waals surface area contributed by atoms with Gasteiger partial charge in [0.15, 0.2) is 11.5 Å². The molecule has 0 spiro atoms. The van der Waals surface area contributed by atoms with E-state index in [1.807, 2.05) is 13.0 Å². The van der Waals surface area contributed by atoms with Crippen LogP contribution in [0.4, 0.5) is 10.1 Å². The molecular formula is C10H12FNO2.